The number of piperidine rings is 1. The monoisotopic (exact) mass is 346 g/mol. The van der Waals surface area contributed by atoms with Crippen LogP contribution < -0.4 is 0 Å². The summed E-state index contributed by atoms with van der Waals surface area (Å²) in [5, 5.41) is 7.16. The average Bonchev–Trinajstić information content (AvgIpc) is 3.20. The number of pyridine rings is 1. The Morgan fingerprint density at radius 2 is 1.81 bits per heavy atom. The van der Waals surface area contributed by atoms with E-state index >= 15 is 0 Å². The molecule has 132 valence electrons. The smallest absolute Gasteiger partial charge is 0.271 e. The highest BCUT2D eigenvalue weighted by atomic mass is 16.2. The quantitative estimate of drug-likeness (QED) is 0.785. The van der Waals surface area contributed by atoms with Crippen LogP contribution in [0.4, 0.5) is 0 Å². The molecule has 0 atom stereocenters. The fourth-order valence-electron chi connectivity index (χ4n) is 3.56. The lowest BCUT2D eigenvalue weighted by Gasteiger charge is -2.31. The molecule has 0 unspecified atom stereocenters. The van der Waals surface area contributed by atoms with E-state index < -0.39 is 0 Å². The Balaban J connectivity index is 1.36. The van der Waals surface area contributed by atoms with Crippen LogP contribution in [0.2, 0.25) is 0 Å². The van der Waals surface area contributed by atoms with Crippen LogP contribution in [0.25, 0.3) is 11.3 Å². The molecule has 0 radical (unpaired) electrons. The lowest BCUT2D eigenvalue weighted by Crippen LogP contribution is -2.39. The molecule has 4 rings (SSSR count). The molecule has 1 amide bonds. The van der Waals surface area contributed by atoms with Crippen LogP contribution >= 0.6 is 0 Å². The third-order valence-electron chi connectivity index (χ3n) is 5.05. The van der Waals surface area contributed by atoms with Crippen molar-refractivity contribution in [2.24, 2.45) is 5.92 Å². The van der Waals surface area contributed by atoms with Gasteiger partial charge in [0.15, 0.2) is 0 Å². The van der Waals surface area contributed by atoms with Gasteiger partial charge in [0.05, 0.1) is 5.69 Å². The number of likely N-dealkylation sites (tertiary alicyclic amines) is 1. The number of benzene rings is 1. The number of H-pyrrole nitrogens is 1. The van der Waals surface area contributed by atoms with E-state index in [0.29, 0.717) is 11.6 Å². The van der Waals surface area contributed by atoms with Crippen LogP contribution in [0.1, 0.15) is 28.9 Å². The number of nitrogens with zero attached hydrogens (tertiary/aromatic N) is 3. The van der Waals surface area contributed by atoms with Crippen molar-refractivity contribution in [3.63, 3.8) is 0 Å². The van der Waals surface area contributed by atoms with Gasteiger partial charge in [-0.15, -0.1) is 0 Å². The van der Waals surface area contributed by atoms with Gasteiger partial charge in [-0.2, -0.15) is 5.10 Å². The minimum atomic E-state index is 0.0379. The highest BCUT2D eigenvalue weighted by Gasteiger charge is 2.25. The molecule has 1 fully saturated rings. The van der Waals surface area contributed by atoms with Crippen LogP contribution in [-0.2, 0) is 6.42 Å². The number of carbonyl (C=O) groups is 1. The first-order chi connectivity index (χ1) is 12.8. The van der Waals surface area contributed by atoms with Gasteiger partial charge in [-0.1, -0.05) is 30.3 Å². The number of aromatic nitrogens is 3. The Morgan fingerprint density at radius 1 is 1.08 bits per heavy atom. The second-order valence-corrected chi connectivity index (χ2v) is 6.83. The van der Waals surface area contributed by atoms with E-state index in [-0.39, 0.29) is 5.91 Å². The summed E-state index contributed by atoms with van der Waals surface area (Å²) in [5.74, 6) is 0.687. The van der Waals surface area contributed by atoms with Crippen molar-refractivity contribution in [1.82, 2.24) is 20.1 Å². The van der Waals surface area contributed by atoms with Crippen molar-refractivity contribution in [2.45, 2.75) is 19.3 Å². The van der Waals surface area contributed by atoms with Crippen LogP contribution in [0.15, 0.2) is 60.9 Å². The molecule has 1 aromatic carbocycles. The van der Waals surface area contributed by atoms with E-state index in [1.54, 1.807) is 12.4 Å². The van der Waals surface area contributed by atoms with Gasteiger partial charge in [-0.3, -0.25) is 14.9 Å². The molecule has 3 heterocycles. The molecule has 5 nitrogen and oxygen atoms in total. The lowest BCUT2D eigenvalue weighted by molar-refractivity contribution is 0.0684. The number of rotatable bonds is 4. The van der Waals surface area contributed by atoms with Crippen molar-refractivity contribution < 1.29 is 4.79 Å². The zero-order chi connectivity index (χ0) is 17.8. The first kappa shape index (κ1) is 16.5. The minimum Gasteiger partial charge on any atom is -0.337 e. The normalized spacial score (nSPS) is 15.2. The van der Waals surface area contributed by atoms with Crippen LogP contribution in [-0.4, -0.2) is 39.1 Å². The molecule has 1 saturated heterocycles. The van der Waals surface area contributed by atoms with E-state index in [0.717, 1.165) is 43.6 Å². The van der Waals surface area contributed by atoms with Gasteiger partial charge in [0, 0.05) is 31.0 Å². The maximum atomic E-state index is 12.8. The Bertz CT molecular complexity index is 852. The van der Waals surface area contributed by atoms with Crippen LogP contribution in [0.3, 0.4) is 0 Å². The molecule has 26 heavy (non-hydrogen) atoms. The number of nitrogens with one attached hydrogen (secondary N) is 1. The summed E-state index contributed by atoms with van der Waals surface area (Å²) in [6, 6.07) is 16.2. The summed E-state index contributed by atoms with van der Waals surface area (Å²) in [6.45, 7) is 1.61. The second kappa shape index (κ2) is 7.52. The van der Waals surface area contributed by atoms with Crippen LogP contribution in [0, 0.1) is 5.92 Å². The summed E-state index contributed by atoms with van der Waals surface area (Å²) in [4.78, 5) is 18.7. The number of hydrogen-bond donors (Lipinski definition) is 1. The molecular weight excluding hydrogens is 324 g/mol. The van der Waals surface area contributed by atoms with Gasteiger partial charge in [0.2, 0.25) is 0 Å². The second-order valence-electron chi connectivity index (χ2n) is 6.83. The van der Waals surface area contributed by atoms with Crippen molar-refractivity contribution in [3.8, 4) is 11.3 Å². The topological polar surface area (TPSA) is 61.9 Å². The maximum absolute atomic E-state index is 12.8. The van der Waals surface area contributed by atoms with Gasteiger partial charge < -0.3 is 4.90 Å². The van der Waals surface area contributed by atoms with Crippen LogP contribution in [0.5, 0.6) is 0 Å². The van der Waals surface area contributed by atoms with Gasteiger partial charge in [0.1, 0.15) is 5.69 Å². The third-order valence-corrected chi connectivity index (χ3v) is 5.05. The molecule has 1 aliphatic heterocycles. The standard InChI is InChI=1S/C21H22N4O/c26-21(20-15-19(23-24-20)18-6-10-22-11-7-18)25-12-8-17(9-13-25)14-16-4-2-1-3-5-16/h1-7,10-11,15,17H,8-9,12-14H2,(H,23,24). The molecule has 3 aromatic rings. The van der Waals surface area contributed by atoms with Crippen molar-refractivity contribution in [3.05, 3.63) is 72.2 Å². The van der Waals surface area contributed by atoms with E-state index in [9.17, 15) is 4.79 Å². The highest BCUT2D eigenvalue weighted by Crippen LogP contribution is 2.23. The number of hydrogen-bond acceptors (Lipinski definition) is 3. The Labute approximate surface area is 153 Å². The predicted molar refractivity (Wildman–Crippen MR) is 101 cm³/mol. The van der Waals surface area contributed by atoms with Crippen molar-refractivity contribution in [1.29, 1.82) is 0 Å². The Morgan fingerprint density at radius 3 is 2.54 bits per heavy atom. The first-order valence-corrected chi connectivity index (χ1v) is 9.08. The predicted octanol–water partition coefficient (Wildman–Crippen LogP) is 3.57. The molecule has 2 aromatic heterocycles. The molecule has 0 spiro atoms. The van der Waals surface area contributed by atoms with E-state index in [1.807, 2.05) is 23.1 Å². The molecule has 1 aliphatic rings. The molecule has 0 aliphatic carbocycles. The number of amides is 1. The zero-order valence-corrected chi connectivity index (χ0v) is 14.6. The van der Waals surface area contributed by atoms with E-state index in [4.69, 9.17) is 0 Å². The molecule has 1 N–H and O–H groups in total. The van der Waals surface area contributed by atoms with E-state index in [2.05, 4.69) is 45.5 Å². The zero-order valence-electron chi connectivity index (χ0n) is 14.6. The average molecular weight is 346 g/mol. The molecule has 5 heteroatoms. The Hall–Kier alpha value is -2.95. The van der Waals surface area contributed by atoms with Gasteiger partial charge in [-0.25, -0.2) is 0 Å². The maximum Gasteiger partial charge on any atom is 0.271 e. The van der Waals surface area contributed by atoms with E-state index in [1.165, 1.54) is 5.56 Å². The first-order valence-electron chi connectivity index (χ1n) is 9.08. The number of carbonyl (C=O) groups excluding carboxylic acids is 1. The summed E-state index contributed by atoms with van der Waals surface area (Å²) >= 11 is 0. The molecule has 0 saturated carbocycles. The Kier molecular flexibility index (Phi) is 4.78. The summed E-state index contributed by atoms with van der Waals surface area (Å²) in [5.41, 5.74) is 3.66. The largest absolute Gasteiger partial charge is 0.337 e. The van der Waals surface area contributed by atoms with Crippen molar-refractivity contribution in [2.75, 3.05) is 13.1 Å². The number of aromatic amines is 1. The summed E-state index contributed by atoms with van der Waals surface area (Å²) < 4.78 is 0. The highest BCUT2D eigenvalue weighted by molar-refractivity contribution is 5.93. The summed E-state index contributed by atoms with van der Waals surface area (Å²) in [7, 11) is 0. The van der Waals surface area contributed by atoms with Crippen molar-refractivity contribution >= 4 is 5.91 Å². The van der Waals surface area contributed by atoms with Gasteiger partial charge in [0.25, 0.3) is 5.91 Å². The SMILES string of the molecule is O=C(c1cc(-c2ccncc2)n[nH]1)N1CCC(Cc2ccccc2)CC1. The summed E-state index contributed by atoms with van der Waals surface area (Å²) in [6.07, 6.45) is 6.64. The van der Waals surface area contributed by atoms with Gasteiger partial charge in [-0.05, 0) is 48.9 Å². The third kappa shape index (κ3) is 3.67. The lowest BCUT2D eigenvalue weighted by atomic mass is 9.90. The fourth-order valence-corrected chi connectivity index (χ4v) is 3.56. The molecule has 0 bridgehead atoms. The van der Waals surface area contributed by atoms with Gasteiger partial charge >= 0.3 is 0 Å². The minimum absolute atomic E-state index is 0.0379. The molecular formula is C21H22N4O. The fraction of sp³-hybridized carbons (Fsp3) is 0.286.